The highest BCUT2D eigenvalue weighted by Crippen LogP contribution is 2.45. The summed E-state index contributed by atoms with van der Waals surface area (Å²) in [6.45, 7) is 3.08. The number of rotatable bonds is 6. The Balaban J connectivity index is 1.90. The highest BCUT2D eigenvalue weighted by molar-refractivity contribution is 4.98. The van der Waals surface area contributed by atoms with Crippen molar-refractivity contribution in [2.45, 2.75) is 50.6 Å². The van der Waals surface area contributed by atoms with Crippen molar-refractivity contribution in [2.24, 2.45) is 11.8 Å². The minimum atomic E-state index is -0.0569. The zero-order valence-corrected chi connectivity index (χ0v) is 10.5. The molecule has 0 amide bonds. The lowest BCUT2D eigenvalue weighted by Crippen LogP contribution is -2.53. The molecule has 0 aromatic carbocycles. The summed E-state index contributed by atoms with van der Waals surface area (Å²) in [7, 11) is 1.73. The fraction of sp³-hybridized carbons (Fsp3) is 1.00. The molecule has 4 unspecified atom stereocenters. The second-order valence-corrected chi connectivity index (χ2v) is 5.89. The maximum absolute atomic E-state index is 9.14. The van der Waals surface area contributed by atoms with E-state index in [-0.39, 0.29) is 12.1 Å². The second-order valence-electron chi connectivity index (χ2n) is 5.89. The Hall–Kier alpha value is -0.120. The van der Waals surface area contributed by atoms with Gasteiger partial charge in [0.25, 0.3) is 0 Å². The number of hydrogen-bond acceptors (Lipinski definition) is 3. The molecule has 2 bridgehead atoms. The number of nitrogens with one attached hydrogen (secondary N) is 1. The van der Waals surface area contributed by atoms with Gasteiger partial charge in [-0.3, -0.25) is 0 Å². The second kappa shape index (κ2) is 5.03. The minimum absolute atomic E-state index is 0.0569. The van der Waals surface area contributed by atoms with Crippen molar-refractivity contribution in [3.63, 3.8) is 0 Å². The van der Waals surface area contributed by atoms with Crippen LogP contribution in [0.15, 0.2) is 0 Å². The molecular formula is C13H25NO2. The largest absolute Gasteiger partial charge is 0.396 e. The van der Waals surface area contributed by atoms with Crippen molar-refractivity contribution in [2.75, 3.05) is 20.3 Å². The quantitative estimate of drug-likeness (QED) is 0.723. The molecule has 2 saturated carbocycles. The molecule has 16 heavy (non-hydrogen) atoms. The highest BCUT2D eigenvalue weighted by atomic mass is 16.5. The number of hydrogen-bond donors (Lipinski definition) is 2. The van der Waals surface area contributed by atoms with Gasteiger partial charge in [-0.2, -0.15) is 0 Å². The molecule has 4 atom stereocenters. The maximum atomic E-state index is 9.14. The molecular weight excluding hydrogens is 202 g/mol. The van der Waals surface area contributed by atoms with E-state index in [0.29, 0.717) is 12.6 Å². The van der Waals surface area contributed by atoms with Gasteiger partial charge in [-0.15, -0.1) is 0 Å². The Morgan fingerprint density at radius 2 is 2.19 bits per heavy atom. The molecule has 2 N–H and O–H groups in total. The van der Waals surface area contributed by atoms with Crippen LogP contribution in [0.25, 0.3) is 0 Å². The van der Waals surface area contributed by atoms with Crippen molar-refractivity contribution in [3.05, 3.63) is 0 Å². The third-order valence-corrected chi connectivity index (χ3v) is 4.40. The van der Waals surface area contributed by atoms with Gasteiger partial charge in [0.2, 0.25) is 0 Å². The van der Waals surface area contributed by atoms with Gasteiger partial charge in [0.15, 0.2) is 0 Å². The molecule has 0 spiro atoms. The first kappa shape index (κ1) is 12.3. The molecule has 0 saturated heterocycles. The summed E-state index contributed by atoms with van der Waals surface area (Å²) in [6.07, 6.45) is 6.35. The molecule has 0 radical (unpaired) electrons. The van der Waals surface area contributed by atoms with Crippen LogP contribution in [0.3, 0.4) is 0 Å². The van der Waals surface area contributed by atoms with E-state index in [9.17, 15) is 0 Å². The SMILES string of the molecule is COCC(C)(CCO)NC1CC2CCC1C2. The summed E-state index contributed by atoms with van der Waals surface area (Å²) < 4.78 is 5.28. The van der Waals surface area contributed by atoms with Gasteiger partial charge in [-0.05, 0) is 44.4 Å². The monoisotopic (exact) mass is 227 g/mol. The Morgan fingerprint density at radius 3 is 2.69 bits per heavy atom. The van der Waals surface area contributed by atoms with E-state index in [0.717, 1.165) is 18.3 Å². The third-order valence-electron chi connectivity index (χ3n) is 4.40. The van der Waals surface area contributed by atoms with Crippen molar-refractivity contribution in [3.8, 4) is 0 Å². The predicted octanol–water partition coefficient (Wildman–Crippen LogP) is 1.55. The average molecular weight is 227 g/mol. The van der Waals surface area contributed by atoms with E-state index in [2.05, 4.69) is 12.2 Å². The highest BCUT2D eigenvalue weighted by Gasteiger charge is 2.41. The van der Waals surface area contributed by atoms with Gasteiger partial charge in [0.1, 0.15) is 0 Å². The Kier molecular flexibility index (Phi) is 3.88. The van der Waals surface area contributed by atoms with Crippen LogP contribution in [0.5, 0.6) is 0 Å². The van der Waals surface area contributed by atoms with Gasteiger partial charge < -0.3 is 15.2 Å². The molecule has 0 aromatic heterocycles. The van der Waals surface area contributed by atoms with Crippen LogP contribution >= 0.6 is 0 Å². The van der Waals surface area contributed by atoms with Gasteiger partial charge in [0.05, 0.1) is 6.61 Å². The number of ether oxygens (including phenoxy) is 1. The summed E-state index contributed by atoms with van der Waals surface area (Å²) >= 11 is 0. The molecule has 0 heterocycles. The van der Waals surface area contributed by atoms with Crippen LogP contribution in [0, 0.1) is 11.8 Å². The van der Waals surface area contributed by atoms with Crippen LogP contribution in [0.2, 0.25) is 0 Å². The molecule has 2 aliphatic rings. The minimum Gasteiger partial charge on any atom is -0.396 e. The standard InChI is InChI=1S/C13H25NO2/c1-13(5-6-15,9-16-2)14-12-8-10-3-4-11(12)7-10/h10-12,14-15H,3-9H2,1-2H3. The Bertz CT molecular complexity index is 226. The van der Waals surface area contributed by atoms with E-state index in [4.69, 9.17) is 9.84 Å². The molecule has 0 aliphatic heterocycles. The van der Waals surface area contributed by atoms with Crippen molar-refractivity contribution in [1.29, 1.82) is 0 Å². The fourth-order valence-electron chi connectivity index (χ4n) is 3.62. The molecule has 2 fully saturated rings. The number of fused-ring (bicyclic) bond motifs is 2. The molecule has 0 aromatic rings. The first-order valence-corrected chi connectivity index (χ1v) is 6.54. The zero-order valence-electron chi connectivity index (χ0n) is 10.5. The molecule has 2 aliphatic carbocycles. The zero-order chi connectivity index (χ0) is 11.6. The van der Waals surface area contributed by atoms with Crippen LogP contribution in [-0.2, 0) is 4.74 Å². The van der Waals surface area contributed by atoms with Crippen molar-refractivity contribution in [1.82, 2.24) is 5.32 Å². The molecule has 2 rings (SSSR count). The first-order valence-electron chi connectivity index (χ1n) is 6.54. The Morgan fingerprint density at radius 1 is 1.38 bits per heavy atom. The summed E-state index contributed by atoms with van der Waals surface area (Å²) in [5, 5.41) is 12.9. The number of aliphatic hydroxyl groups excluding tert-OH is 1. The first-order chi connectivity index (χ1) is 7.67. The van der Waals surface area contributed by atoms with E-state index < -0.39 is 0 Å². The van der Waals surface area contributed by atoms with Crippen molar-refractivity contribution < 1.29 is 9.84 Å². The van der Waals surface area contributed by atoms with E-state index in [1.807, 2.05) is 0 Å². The van der Waals surface area contributed by atoms with Crippen LogP contribution in [0.4, 0.5) is 0 Å². The van der Waals surface area contributed by atoms with Crippen LogP contribution in [0.1, 0.15) is 39.0 Å². The fourth-order valence-corrected chi connectivity index (χ4v) is 3.62. The van der Waals surface area contributed by atoms with E-state index in [1.165, 1.54) is 25.7 Å². The van der Waals surface area contributed by atoms with Gasteiger partial charge in [-0.25, -0.2) is 0 Å². The van der Waals surface area contributed by atoms with Gasteiger partial charge in [-0.1, -0.05) is 6.42 Å². The number of aliphatic hydroxyl groups is 1. The number of methoxy groups -OCH3 is 1. The van der Waals surface area contributed by atoms with Crippen molar-refractivity contribution >= 4 is 0 Å². The topological polar surface area (TPSA) is 41.5 Å². The lowest BCUT2D eigenvalue weighted by molar-refractivity contribution is 0.0831. The molecule has 3 nitrogen and oxygen atoms in total. The smallest absolute Gasteiger partial charge is 0.0642 e. The van der Waals surface area contributed by atoms with Gasteiger partial charge in [0, 0.05) is 25.3 Å². The summed E-state index contributed by atoms with van der Waals surface area (Å²) in [5.74, 6) is 1.84. The summed E-state index contributed by atoms with van der Waals surface area (Å²) in [5.41, 5.74) is -0.0569. The third kappa shape index (κ3) is 2.58. The summed E-state index contributed by atoms with van der Waals surface area (Å²) in [4.78, 5) is 0. The lowest BCUT2D eigenvalue weighted by atomic mass is 9.90. The molecule has 94 valence electrons. The van der Waals surface area contributed by atoms with Crippen LogP contribution < -0.4 is 5.32 Å². The van der Waals surface area contributed by atoms with E-state index in [1.54, 1.807) is 7.11 Å². The van der Waals surface area contributed by atoms with Crippen LogP contribution in [-0.4, -0.2) is 37.0 Å². The average Bonchev–Trinajstić information content (AvgIpc) is 2.79. The maximum Gasteiger partial charge on any atom is 0.0642 e. The molecule has 3 heteroatoms. The normalized spacial score (nSPS) is 36.6. The Labute approximate surface area is 98.6 Å². The predicted molar refractivity (Wildman–Crippen MR) is 64.4 cm³/mol. The van der Waals surface area contributed by atoms with E-state index >= 15 is 0 Å². The summed E-state index contributed by atoms with van der Waals surface area (Å²) in [6, 6.07) is 0.658. The lowest BCUT2D eigenvalue weighted by Gasteiger charge is -2.36. The van der Waals surface area contributed by atoms with Gasteiger partial charge >= 0.3 is 0 Å².